The quantitative estimate of drug-likeness (QED) is 0.843. The van der Waals surface area contributed by atoms with Gasteiger partial charge in [-0.15, -0.1) is 11.3 Å². The summed E-state index contributed by atoms with van der Waals surface area (Å²) in [6.07, 6.45) is 1.42. The van der Waals surface area contributed by atoms with Crippen LogP contribution >= 0.6 is 11.3 Å². The van der Waals surface area contributed by atoms with Crippen LogP contribution in [0.3, 0.4) is 0 Å². The maximum absolute atomic E-state index is 8.89. The Morgan fingerprint density at radius 2 is 2.33 bits per heavy atom. The van der Waals surface area contributed by atoms with Gasteiger partial charge in [-0.05, 0) is 0 Å². The lowest BCUT2D eigenvalue weighted by Crippen LogP contribution is -1.91. The summed E-state index contributed by atoms with van der Waals surface area (Å²) in [7, 11) is 1.55. The van der Waals surface area contributed by atoms with E-state index in [1.807, 2.05) is 0 Å². The van der Waals surface area contributed by atoms with Gasteiger partial charge in [0.2, 0.25) is 5.88 Å². The Morgan fingerprint density at radius 1 is 1.47 bits per heavy atom. The largest absolute Gasteiger partial charge is 0.481 e. The topological polar surface area (TPSA) is 68.1 Å². The molecule has 0 saturated heterocycles. The van der Waals surface area contributed by atoms with Crippen LogP contribution in [-0.4, -0.2) is 27.2 Å². The highest BCUT2D eigenvalue weighted by atomic mass is 32.1. The fraction of sp³-hybridized carbons (Fsp3) is 0.222. The van der Waals surface area contributed by atoms with Gasteiger partial charge in [0.1, 0.15) is 17.0 Å². The molecule has 0 fully saturated rings. The molecule has 15 heavy (non-hydrogen) atoms. The number of aliphatic hydroxyl groups excluding tert-OH is 1. The van der Waals surface area contributed by atoms with Gasteiger partial charge in [-0.2, -0.15) is 0 Å². The van der Waals surface area contributed by atoms with Crippen molar-refractivity contribution in [3.05, 3.63) is 23.5 Å². The molecule has 0 aromatic carbocycles. The van der Waals surface area contributed by atoms with E-state index >= 15 is 0 Å². The van der Waals surface area contributed by atoms with Crippen LogP contribution in [0.2, 0.25) is 0 Å². The van der Waals surface area contributed by atoms with Gasteiger partial charge in [0.05, 0.1) is 19.4 Å². The van der Waals surface area contributed by atoms with E-state index in [0.717, 1.165) is 5.01 Å². The number of hydrogen-bond acceptors (Lipinski definition) is 6. The monoisotopic (exact) mass is 223 g/mol. The SMILES string of the molecule is COc1cc(-c2nc(CO)cs2)ncn1. The van der Waals surface area contributed by atoms with Gasteiger partial charge in [0, 0.05) is 11.4 Å². The Kier molecular flexibility index (Phi) is 2.89. The van der Waals surface area contributed by atoms with Crippen molar-refractivity contribution in [3.8, 4) is 16.6 Å². The fourth-order valence-electron chi connectivity index (χ4n) is 1.07. The molecule has 6 heteroatoms. The first-order chi connectivity index (χ1) is 7.33. The van der Waals surface area contributed by atoms with Crippen molar-refractivity contribution in [1.82, 2.24) is 15.0 Å². The predicted molar refractivity (Wildman–Crippen MR) is 55.6 cm³/mol. The van der Waals surface area contributed by atoms with E-state index in [9.17, 15) is 0 Å². The molecule has 78 valence electrons. The summed E-state index contributed by atoms with van der Waals surface area (Å²) in [6.45, 7) is -0.0568. The van der Waals surface area contributed by atoms with Gasteiger partial charge < -0.3 is 9.84 Å². The molecule has 0 amide bonds. The molecular weight excluding hydrogens is 214 g/mol. The van der Waals surface area contributed by atoms with Crippen LogP contribution in [0.1, 0.15) is 5.69 Å². The lowest BCUT2D eigenvalue weighted by Gasteiger charge is -1.98. The highest BCUT2D eigenvalue weighted by Crippen LogP contribution is 2.23. The normalized spacial score (nSPS) is 10.3. The van der Waals surface area contributed by atoms with Crippen LogP contribution in [0.4, 0.5) is 0 Å². The number of hydrogen-bond donors (Lipinski definition) is 1. The summed E-state index contributed by atoms with van der Waals surface area (Å²) < 4.78 is 4.99. The van der Waals surface area contributed by atoms with E-state index in [4.69, 9.17) is 9.84 Å². The average Bonchev–Trinajstić information content (AvgIpc) is 2.78. The lowest BCUT2D eigenvalue weighted by atomic mass is 10.4. The molecule has 2 aromatic rings. The Balaban J connectivity index is 2.35. The Morgan fingerprint density at radius 3 is 3.00 bits per heavy atom. The van der Waals surface area contributed by atoms with E-state index in [1.165, 1.54) is 17.7 Å². The van der Waals surface area contributed by atoms with Crippen LogP contribution in [-0.2, 0) is 6.61 Å². The Labute approximate surface area is 90.4 Å². The predicted octanol–water partition coefficient (Wildman–Crippen LogP) is 1.10. The molecule has 0 radical (unpaired) electrons. The van der Waals surface area contributed by atoms with Gasteiger partial charge in [0.25, 0.3) is 0 Å². The van der Waals surface area contributed by atoms with E-state index in [0.29, 0.717) is 17.3 Å². The first kappa shape index (κ1) is 10.0. The summed E-state index contributed by atoms with van der Waals surface area (Å²) in [5.74, 6) is 0.501. The molecule has 0 aliphatic carbocycles. The molecule has 0 spiro atoms. The molecule has 2 heterocycles. The van der Waals surface area contributed by atoms with Gasteiger partial charge in [-0.3, -0.25) is 0 Å². The van der Waals surface area contributed by atoms with Crippen molar-refractivity contribution < 1.29 is 9.84 Å². The smallest absolute Gasteiger partial charge is 0.216 e. The second kappa shape index (κ2) is 4.33. The lowest BCUT2D eigenvalue weighted by molar-refractivity contribution is 0.278. The van der Waals surface area contributed by atoms with Crippen molar-refractivity contribution in [2.24, 2.45) is 0 Å². The molecule has 0 saturated carbocycles. The summed E-state index contributed by atoms with van der Waals surface area (Å²) in [6, 6.07) is 1.71. The van der Waals surface area contributed by atoms with Crippen LogP contribution in [0.5, 0.6) is 5.88 Å². The van der Waals surface area contributed by atoms with E-state index in [2.05, 4.69) is 15.0 Å². The molecule has 0 aliphatic heterocycles. The summed E-state index contributed by atoms with van der Waals surface area (Å²) in [5.41, 5.74) is 1.35. The van der Waals surface area contributed by atoms with Crippen molar-refractivity contribution in [2.75, 3.05) is 7.11 Å². The molecule has 2 rings (SSSR count). The van der Waals surface area contributed by atoms with Gasteiger partial charge in [-0.1, -0.05) is 0 Å². The maximum atomic E-state index is 8.89. The molecule has 0 bridgehead atoms. The van der Waals surface area contributed by atoms with E-state index in [1.54, 1.807) is 18.6 Å². The number of thiazole rings is 1. The Hall–Kier alpha value is -1.53. The summed E-state index contributed by atoms with van der Waals surface area (Å²) in [4.78, 5) is 12.2. The van der Waals surface area contributed by atoms with Crippen LogP contribution in [0, 0.1) is 0 Å². The molecule has 5 nitrogen and oxygen atoms in total. The number of aromatic nitrogens is 3. The van der Waals surface area contributed by atoms with Crippen molar-refractivity contribution in [3.63, 3.8) is 0 Å². The molecule has 0 unspecified atom stereocenters. The second-order valence-corrected chi connectivity index (χ2v) is 3.61. The fourth-order valence-corrected chi connectivity index (χ4v) is 1.84. The third kappa shape index (κ3) is 2.11. The first-order valence-electron chi connectivity index (χ1n) is 4.25. The van der Waals surface area contributed by atoms with Crippen molar-refractivity contribution in [1.29, 1.82) is 0 Å². The number of methoxy groups -OCH3 is 1. The highest BCUT2D eigenvalue weighted by molar-refractivity contribution is 7.13. The van der Waals surface area contributed by atoms with Gasteiger partial charge in [-0.25, -0.2) is 15.0 Å². The molecule has 2 aromatic heterocycles. The average molecular weight is 223 g/mol. The third-order valence-corrected chi connectivity index (χ3v) is 2.70. The second-order valence-electron chi connectivity index (χ2n) is 2.75. The molecule has 0 aliphatic rings. The number of nitrogens with zero attached hydrogens (tertiary/aromatic N) is 3. The minimum atomic E-state index is -0.0568. The van der Waals surface area contributed by atoms with E-state index < -0.39 is 0 Å². The zero-order chi connectivity index (χ0) is 10.7. The van der Waals surface area contributed by atoms with Crippen molar-refractivity contribution in [2.45, 2.75) is 6.61 Å². The van der Waals surface area contributed by atoms with Gasteiger partial charge >= 0.3 is 0 Å². The van der Waals surface area contributed by atoms with Crippen LogP contribution in [0.15, 0.2) is 17.8 Å². The zero-order valence-corrected chi connectivity index (χ0v) is 8.86. The summed E-state index contributed by atoms with van der Waals surface area (Å²) >= 11 is 1.43. The minimum Gasteiger partial charge on any atom is -0.481 e. The number of ether oxygens (including phenoxy) is 1. The molecule has 0 atom stereocenters. The molecular formula is C9H9N3O2S. The Bertz CT molecular complexity index is 458. The third-order valence-electron chi connectivity index (χ3n) is 1.78. The van der Waals surface area contributed by atoms with Gasteiger partial charge in [0.15, 0.2) is 0 Å². The summed E-state index contributed by atoms with van der Waals surface area (Å²) in [5, 5.41) is 11.4. The van der Waals surface area contributed by atoms with Crippen LogP contribution < -0.4 is 4.74 Å². The standard InChI is InChI=1S/C9H9N3O2S/c1-14-8-2-7(10-5-11-8)9-12-6(3-13)4-15-9/h2,4-5,13H,3H2,1H3. The zero-order valence-electron chi connectivity index (χ0n) is 8.04. The number of rotatable bonds is 3. The van der Waals surface area contributed by atoms with Crippen molar-refractivity contribution >= 4 is 11.3 Å². The maximum Gasteiger partial charge on any atom is 0.216 e. The van der Waals surface area contributed by atoms with Crippen LogP contribution in [0.25, 0.3) is 10.7 Å². The highest BCUT2D eigenvalue weighted by Gasteiger charge is 2.06. The molecule has 1 N–H and O–H groups in total. The first-order valence-corrected chi connectivity index (χ1v) is 5.13. The van der Waals surface area contributed by atoms with E-state index in [-0.39, 0.29) is 6.61 Å². The number of aliphatic hydroxyl groups is 1. The minimum absolute atomic E-state index is 0.0568.